The van der Waals surface area contributed by atoms with Gasteiger partial charge in [-0.1, -0.05) is 13.8 Å². The fraction of sp³-hybridized carbons (Fsp3) is 0.765. The minimum Gasteiger partial charge on any atom is -0.447 e. The molecule has 122 valence electrons. The summed E-state index contributed by atoms with van der Waals surface area (Å²) in [5, 5.41) is 0. The minimum atomic E-state index is 0.0390. The predicted octanol–water partition coefficient (Wildman–Crippen LogP) is 2.75. The molecule has 0 N–H and O–H groups in total. The zero-order valence-corrected chi connectivity index (χ0v) is 13.8. The second-order valence-electron chi connectivity index (χ2n) is 6.96. The molecule has 2 aliphatic heterocycles. The van der Waals surface area contributed by atoms with Crippen molar-refractivity contribution in [3.05, 3.63) is 17.8 Å². The highest BCUT2D eigenvalue weighted by molar-refractivity contribution is 5.93. The molecule has 1 amide bonds. The number of piperidine rings is 1. The molecule has 3 heterocycles. The molecule has 22 heavy (non-hydrogen) atoms. The van der Waals surface area contributed by atoms with Gasteiger partial charge < -0.3 is 14.2 Å². The first kappa shape index (κ1) is 15.5. The van der Waals surface area contributed by atoms with Gasteiger partial charge in [-0.25, -0.2) is 4.98 Å². The molecular weight excluding hydrogens is 278 g/mol. The fourth-order valence-corrected chi connectivity index (χ4v) is 3.62. The number of carbonyl (C=O) groups is 1. The summed E-state index contributed by atoms with van der Waals surface area (Å²) >= 11 is 0. The quantitative estimate of drug-likeness (QED) is 0.858. The van der Waals surface area contributed by atoms with E-state index in [2.05, 4.69) is 9.88 Å². The molecule has 1 aromatic heterocycles. The highest BCUT2D eigenvalue weighted by Crippen LogP contribution is 2.24. The molecule has 0 unspecified atom stereocenters. The number of hydrogen-bond donors (Lipinski definition) is 0. The number of nitrogens with zero attached hydrogens (tertiary/aromatic N) is 3. The molecule has 5 nitrogen and oxygen atoms in total. The van der Waals surface area contributed by atoms with Crippen LogP contribution in [0.15, 0.2) is 10.8 Å². The highest BCUT2D eigenvalue weighted by atomic mass is 16.3. The van der Waals surface area contributed by atoms with Crippen LogP contribution in [-0.2, 0) is 0 Å². The maximum absolute atomic E-state index is 12.6. The number of carbonyl (C=O) groups excluding carboxylic acids is 1. The first-order chi connectivity index (χ1) is 10.6. The van der Waals surface area contributed by atoms with E-state index in [0.29, 0.717) is 11.5 Å². The molecule has 0 atom stereocenters. The second kappa shape index (κ2) is 6.82. The molecule has 1 aromatic rings. The summed E-state index contributed by atoms with van der Waals surface area (Å²) in [5.41, 5.74) is 0.507. The Morgan fingerprint density at radius 1 is 1.27 bits per heavy atom. The van der Waals surface area contributed by atoms with E-state index >= 15 is 0 Å². The van der Waals surface area contributed by atoms with Crippen molar-refractivity contribution < 1.29 is 9.21 Å². The molecule has 0 saturated carbocycles. The average molecular weight is 305 g/mol. The van der Waals surface area contributed by atoms with Crippen LogP contribution in [0.2, 0.25) is 0 Å². The van der Waals surface area contributed by atoms with Crippen LogP contribution in [-0.4, -0.2) is 53.4 Å². The first-order valence-electron chi connectivity index (χ1n) is 8.60. The van der Waals surface area contributed by atoms with Crippen molar-refractivity contribution in [1.82, 2.24) is 14.8 Å². The second-order valence-corrected chi connectivity index (χ2v) is 6.96. The lowest BCUT2D eigenvalue weighted by Gasteiger charge is -2.33. The normalized spacial score (nSPS) is 21.0. The van der Waals surface area contributed by atoms with E-state index in [0.717, 1.165) is 31.8 Å². The van der Waals surface area contributed by atoms with Crippen molar-refractivity contribution in [2.75, 3.05) is 32.7 Å². The van der Waals surface area contributed by atoms with Gasteiger partial charge in [-0.2, -0.15) is 0 Å². The Kier molecular flexibility index (Phi) is 4.81. The van der Waals surface area contributed by atoms with E-state index in [-0.39, 0.29) is 11.8 Å². The van der Waals surface area contributed by atoms with Gasteiger partial charge in [0.05, 0.1) is 0 Å². The van der Waals surface area contributed by atoms with Gasteiger partial charge in [-0.05, 0) is 44.7 Å². The van der Waals surface area contributed by atoms with E-state index in [1.807, 2.05) is 18.7 Å². The van der Waals surface area contributed by atoms with Gasteiger partial charge >= 0.3 is 0 Å². The van der Waals surface area contributed by atoms with E-state index in [9.17, 15) is 4.79 Å². The monoisotopic (exact) mass is 305 g/mol. The molecule has 0 aliphatic carbocycles. The molecular formula is C17H27N3O2. The minimum absolute atomic E-state index is 0.0390. The molecule has 0 radical (unpaired) electrons. The summed E-state index contributed by atoms with van der Waals surface area (Å²) in [6, 6.07) is 0. The lowest BCUT2D eigenvalue weighted by Crippen LogP contribution is -2.41. The third kappa shape index (κ3) is 3.35. The van der Waals surface area contributed by atoms with Gasteiger partial charge in [0.1, 0.15) is 5.76 Å². The van der Waals surface area contributed by atoms with Crippen LogP contribution >= 0.6 is 0 Å². The smallest absolute Gasteiger partial charge is 0.276 e. The van der Waals surface area contributed by atoms with Gasteiger partial charge in [0.25, 0.3) is 5.91 Å². The van der Waals surface area contributed by atoms with Crippen molar-refractivity contribution in [1.29, 1.82) is 0 Å². The summed E-state index contributed by atoms with van der Waals surface area (Å²) in [7, 11) is 0. The lowest BCUT2D eigenvalue weighted by atomic mass is 9.96. The van der Waals surface area contributed by atoms with Crippen LogP contribution < -0.4 is 0 Å². The Bertz CT molecular complexity index is 498. The Morgan fingerprint density at radius 2 is 1.95 bits per heavy atom. The zero-order chi connectivity index (χ0) is 15.5. The zero-order valence-electron chi connectivity index (χ0n) is 13.8. The Balaban J connectivity index is 1.54. The van der Waals surface area contributed by atoms with Crippen molar-refractivity contribution >= 4 is 5.91 Å². The number of likely N-dealkylation sites (tertiary alicyclic amines) is 2. The van der Waals surface area contributed by atoms with E-state index in [1.165, 1.54) is 38.9 Å². The SMILES string of the molecule is CC(C)c1ocnc1C(=O)N1CCC(CN2CCCC2)CC1. The molecule has 2 aliphatic rings. The largest absolute Gasteiger partial charge is 0.447 e. The van der Waals surface area contributed by atoms with Crippen molar-refractivity contribution in [2.24, 2.45) is 5.92 Å². The number of rotatable bonds is 4. The number of hydrogen-bond acceptors (Lipinski definition) is 4. The van der Waals surface area contributed by atoms with Gasteiger partial charge in [0, 0.05) is 25.6 Å². The van der Waals surface area contributed by atoms with E-state index in [1.54, 1.807) is 0 Å². The van der Waals surface area contributed by atoms with Gasteiger partial charge in [0.15, 0.2) is 12.1 Å². The predicted molar refractivity (Wildman–Crippen MR) is 84.9 cm³/mol. The van der Waals surface area contributed by atoms with Crippen molar-refractivity contribution in [3.8, 4) is 0 Å². The van der Waals surface area contributed by atoms with Crippen molar-refractivity contribution in [2.45, 2.75) is 45.4 Å². The van der Waals surface area contributed by atoms with Gasteiger partial charge in [-0.15, -0.1) is 0 Å². The van der Waals surface area contributed by atoms with E-state index < -0.39 is 0 Å². The number of aromatic nitrogens is 1. The molecule has 2 fully saturated rings. The van der Waals surface area contributed by atoms with Crippen molar-refractivity contribution in [3.63, 3.8) is 0 Å². The van der Waals surface area contributed by atoms with Crippen LogP contribution in [0.1, 0.15) is 61.7 Å². The Morgan fingerprint density at radius 3 is 2.59 bits per heavy atom. The number of amides is 1. The molecule has 0 bridgehead atoms. The Hall–Kier alpha value is -1.36. The molecule has 3 rings (SSSR count). The molecule has 0 aromatic carbocycles. The molecule has 2 saturated heterocycles. The maximum atomic E-state index is 12.6. The summed E-state index contributed by atoms with van der Waals surface area (Å²) in [5.74, 6) is 1.68. The average Bonchev–Trinajstić information content (AvgIpc) is 3.18. The van der Waals surface area contributed by atoms with Gasteiger partial charge in [-0.3, -0.25) is 4.79 Å². The van der Waals surface area contributed by atoms with Crippen LogP contribution in [0, 0.1) is 5.92 Å². The molecule has 5 heteroatoms. The van der Waals surface area contributed by atoms with Crippen LogP contribution in [0.5, 0.6) is 0 Å². The summed E-state index contributed by atoms with van der Waals surface area (Å²) in [4.78, 5) is 21.3. The summed E-state index contributed by atoms with van der Waals surface area (Å²) in [6.45, 7) is 9.48. The Labute approximate surface area is 132 Å². The topological polar surface area (TPSA) is 49.6 Å². The third-order valence-electron chi connectivity index (χ3n) is 4.94. The lowest BCUT2D eigenvalue weighted by molar-refractivity contribution is 0.0665. The molecule has 0 spiro atoms. The van der Waals surface area contributed by atoms with E-state index in [4.69, 9.17) is 4.42 Å². The highest BCUT2D eigenvalue weighted by Gasteiger charge is 2.29. The summed E-state index contributed by atoms with van der Waals surface area (Å²) in [6.07, 6.45) is 6.31. The van der Waals surface area contributed by atoms with Crippen LogP contribution in [0.4, 0.5) is 0 Å². The maximum Gasteiger partial charge on any atom is 0.276 e. The third-order valence-corrected chi connectivity index (χ3v) is 4.94. The van der Waals surface area contributed by atoms with Crippen LogP contribution in [0.25, 0.3) is 0 Å². The fourth-order valence-electron chi connectivity index (χ4n) is 3.62. The standard InChI is InChI=1S/C17H27N3O2/c1-13(2)16-15(18-12-22-16)17(21)20-9-5-14(6-10-20)11-19-7-3-4-8-19/h12-14H,3-11H2,1-2H3. The van der Waals surface area contributed by atoms with Crippen LogP contribution in [0.3, 0.4) is 0 Å². The number of oxazole rings is 1. The summed E-state index contributed by atoms with van der Waals surface area (Å²) < 4.78 is 5.38. The first-order valence-corrected chi connectivity index (χ1v) is 8.60. The van der Waals surface area contributed by atoms with Gasteiger partial charge in [0.2, 0.25) is 0 Å².